The molecule has 27 heavy (non-hydrogen) atoms. The van der Waals surface area contributed by atoms with Crippen molar-refractivity contribution in [2.45, 2.75) is 33.4 Å². The average Bonchev–Trinajstić information content (AvgIpc) is 2.62. The minimum absolute atomic E-state index is 0. The van der Waals surface area contributed by atoms with E-state index < -0.39 is 4.92 Å². The van der Waals surface area contributed by atoms with Crippen LogP contribution >= 0.6 is 24.0 Å². The molecule has 0 aliphatic rings. The predicted molar refractivity (Wildman–Crippen MR) is 116 cm³/mol. The fourth-order valence-corrected chi connectivity index (χ4v) is 2.47. The van der Waals surface area contributed by atoms with Crippen molar-refractivity contribution in [3.8, 4) is 0 Å². The number of nitro groups is 1. The summed E-state index contributed by atoms with van der Waals surface area (Å²) in [5.41, 5.74) is 1.96. The molecule has 0 fully saturated rings. The Kier molecular flexibility index (Phi) is 9.13. The number of nitro benzene ring substituents is 1. The van der Waals surface area contributed by atoms with Gasteiger partial charge in [-0.25, -0.2) is 9.38 Å². The third-order valence-corrected chi connectivity index (χ3v) is 3.99. The van der Waals surface area contributed by atoms with Gasteiger partial charge in [0, 0.05) is 12.6 Å². The minimum atomic E-state index is -0.414. The van der Waals surface area contributed by atoms with Crippen LogP contribution in [-0.4, -0.2) is 17.4 Å². The van der Waals surface area contributed by atoms with Gasteiger partial charge in [-0.3, -0.25) is 10.1 Å². The molecule has 0 spiro atoms. The maximum Gasteiger partial charge on any atom is 0.274 e. The average molecular weight is 486 g/mol. The molecule has 1 unspecified atom stereocenters. The molecule has 0 amide bonds. The highest BCUT2D eigenvalue weighted by Crippen LogP contribution is 2.19. The zero-order valence-electron chi connectivity index (χ0n) is 15.5. The maximum absolute atomic E-state index is 13.8. The van der Waals surface area contributed by atoms with Gasteiger partial charge >= 0.3 is 0 Å². The van der Waals surface area contributed by atoms with E-state index in [4.69, 9.17) is 0 Å². The number of hydrogen-bond donors (Lipinski definition) is 2. The zero-order valence-corrected chi connectivity index (χ0v) is 17.9. The SMILES string of the molecule is CCNC(=NCc1ccccc1[N+](=O)[O-])NC(C)c1ccc(C)c(F)c1.I. The van der Waals surface area contributed by atoms with Gasteiger partial charge in [0.1, 0.15) is 5.82 Å². The number of benzene rings is 2. The number of aryl methyl sites for hydroxylation is 1. The van der Waals surface area contributed by atoms with Gasteiger partial charge in [-0.15, -0.1) is 24.0 Å². The van der Waals surface area contributed by atoms with Gasteiger partial charge in [0.25, 0.3) is 5.69 Å². The number of halogens is 2. The molecule has 0 aliphatic heterocycles. The summed E-state index contributed by atoms with van der Waals surface area (Å²) in [6.07, 6.45) is 0. The molecule has 0 aliphatic carbocycles. The lowest BCUT2D eigenvalue weighted by molar-refractivity contribution is -0.385. The second kappa shape index (κ2) is 10.8. The first-order chi connectivity index (χ1) is 12.4. The van der Waals surface area contributed by atoms with E-state index in [-0.39, 0.29) is 48.1 Å². The summed E-state index contributed by atoms with van der Waals surface area (Å²) in [6.45, 7) is 6.36. The Hall–Kier alpha value is -2.23. The minimum Gasteiger partial charge on any atom is -0.357 e. The van der Waals surface area contributed by atoms with Gasteiger partial charge in [0.2, 0.25) is 0 Å². The summed E-state index contributed by atoms with van der Waals surface area (Å²) < 4.78 is 13.8. The van der Waals surface area contributed by atoms with Gasteiger partial charge in [0.15, 0.2) is 5.96 Å². The Morgan fingerprint density at radius 1 is 1.30 bits per heavy atom. The topological polar surface area (TPSA) is 79.6 Å². The van der Waals surface area contributed by atoms with Crippen LogP contribution in [0.3, 0.4) is 0 Å². The summed E-state index contributed by atoms with van der Waals surface area (Å²) in [6, 6.07) is 11.4. The fourth-order valence-electron chi connectivity index (χ4n) is 2.47. The van der Waals surface area contributed by atoms with Crippen LogP contribution in [0.2, 0.25) is 0 Å². The van der Waals surface area contributed by atoms with Crippen LogP contribution in [0.4, 0.5) is 10.1 Å². The van der Waals surface area contributed by atoms with Crippen molar-refractivity contribution < 1.29 is 9.31 Å². The smallest absolute Gasteiger partial charge is 0.274 e. The molecule has 8 heteroatoms. The lowest BCUT2D eigenvalue weighted by atomic mass is 10.1. The first kappa shape index (κ1) is 22.8. The highest BCUT2D eigenvalue weighted by Gasteiger charge is 2.13. The second-order valence-electron chi connectivity index (χ2n) is 5.96. The first-order valence-electron chi connectivity index (χ1n) is 8.45. The van der Waals surface area contributed by atoms with E-state index in [2.05, 4.69) is 15.6 Å². The number of nitrogens with one attached hydrogen (secondary N) is 2. The van der Waals surface area contributed by atoms with Crippen LogP contribution in [0.5, 0.6) is 0 Å². The highest BCUT2D eigenvalue weighted by atomic mass is 127. The standard InChI is InChI=1S/C19H23FN4O2.HI/c1-4-21-19(22-12-16-7-5-6-8-18(16)24(25)26)23-14(3)15-10-9-13(2)17(20)11-15;/h5-11,14H,4,12H2,1-3H3,(H2,21,22,23);1H. The molecule has 0 heterocycles. The summed E-state index contributed by atoms with van der Waals surface area (Å²) >= 11 is 0. The number of guanidine groups is 1. The Morgan fingerprint density at radius 3 is 2.63 bits per heavy atom. The third kappa shape index (κ3) is 6.46. The van der Waals surface area contributed by atoms with E-state index in [1.807, 2.05) is 19.9 Å². The molecular formula is C19H24FIN4O2. The van der Waals surface area contributed by atoms with Crippen LogP contribution in [0.1, 0.15) is 36.6 Å². The van der Waals surface area contributed by atoms with Crippen molar-refractivity contribution in [1.82, 2.24) is 10.6 Å². The van der Waals surface area contributed by atoms with Crippen molar-refractivity contribution in [3.63, 3.8) is 0 Å². The molecule has 2 aromatic rings. The van der Waals surface area contributed by atoms with Crippen LogP contribution in [0, 0.1) is 22.9 Å². The lowest BCUT2D eigenvalue weighted by Crippen LogP contribution is -2.38. The number of para-hydroxylation sites is 1. The molecule has 0 saturated carbocycles. The Balaban J connectivity index is 0.00000364. The van der Waals surface area contributed by atoms with Crippen molar-refractivity contribution in [2.24, 2.45) is 4.99 Å². The number of aliphatic imine (C=N–C) groups is 1. The van der Waals surface area contributed by atoms with Gasteiger partial charge < -0.3 is 10.6 Å². The molecule has 2 N–H and O–H groups in total. The Bertz CT molecular complexity index is 814. The van der Waals surface area contributed by atoms with Gasteiger partial charge in [-0.1, -0.05) is 30.3 Å². The molecule has 6 nitrogen and oxygen atoms in total. The first-order valence-corrected chi connectivity index (χ1v) is 8.45. The van der Waals surface area contributed by atoms with Crippen molar-refractivity contribution in [2.75, 3.05) is 6.54 Å². The van der Waals surface area contributed by atoms with E-state index in [0.29, 0.717) is 23.6 Å². The molecule has 146 valence electrons. The van der Waals surface area contributed by atoms with Crippen molar-refractivity contribution in [1.29, 1.82) is 0 Å². The monoisotopic (exact) mass is 486 g/mol. The van der Waals surface area contributed by atoms with Gasteiger partial charge in [0.05, 0.1) is 23.1 Å². The molecule has 0 saturated heterocycles. The molecule has 1 atom stereocenters. The van der Waals surface area contributed by atoms with Crippen LogP contribution in [0.25, 0.3) is 0 Å². The van der Waals surface area contributed by atoms with Gasteiger partial charge in [-0.05, 0) is 38.0 Å². The van der Waals surface area contributed by atoms with Crippen LogP contribution < -0.4 is 10.6 Å². The van der Waals surface area contributed by atoms with E-state index in [1.54, 1.807) is 31.2 Å². The molecular weight excluding hydrogens is 462 g/mol. The Morgan fingerprint density at radius 2 is 2.00 bits per heavy atom. The van der Waals surface area contributed by atoms with E-state index in [9.17, 15) is 14.5 Å². The molecule has 2 aromatic carbocycles. The second-order valence-corrected chi connectivity index (χ2v) is 5.96. The summed E-state index contributed by atoms with van der Waals surface area (Å²) in [4.78, 5) is 15.1. The zero-order chi connectivity index (χ0) is 19.1. The molecule has 0 aromatic heterocycles. The normalized spacial score (nSPS) is 12.1. The largest absolute Gasteiger partial charge is 0.357 e. The summed E-state index contributed by atoms with van der Waals surface area (Å²) in [5.74, 6) is 0.261. The van der Waals surface area contributed by atoms with Crippen LogP contribution in [0.15, 0.2) is 47.5 Å². The molecule has 2 rings (SSSR count). The molecule has 0 bridgehead atoms. The lowest BCUT2D eigenvalue weighted by Gasteiger charge is -2.18. The predicted octanol–water partition coefficient (Wildman–Crippen LogP) is 4.48. The third-order valence-electron chi connectivity index (χ3n) is 3.99. The maximum atomic E-state index is 13.8. The van der Waals surface area contributed by atoms with E-state index >= 15 is 0 Å². The highest BCUT2D eigenvalue weighted by molar-refractivity contribution is 14.0. The van der Waals surface area contributed by atoms with E-state index in [1.165, 1.54) is 12.1 Å². The summed E-state index contributed by atoms with van der Waals surface area (Å²) in [7, 11) is 0. The van der Waals surface area contributed by atoms with Crippen molar-refractivity contribution in [3.05, 3.63) is 75.1 Å². The molecule has 0 radical (unpaired) electrons. The summed E-state index contributed by atoms with van der Waals surface area (Å²) in [5, 5.41) is 17.4. The number of hydrogen-bond acceptors (Lipinski definition) is 3. The number of rotatable bonds is 6. The fraction of sp³-hybridized carbons (Fsp3) is 0.316. The van der Waals surface area contributed by atoms with Crippen LogP contribution in [-0.2, 0) is 6.54 Å². The van der Waals surface area contributed by atoms with Gasteiger partial charge in [-0.2, -0.15) is 0 Å². The Labute approximate surface area is 175 Å². The number of nitrogens with zero attached hydrogens (tertiary/aromatic N) is 2. The van der Waals surface area contributed by atoms with Crippen molar-refractivity contribution >= 4 is 35.6 Å². The quantitative estimate of drug-likeness (QED) is 0.208. The van der Waals surface area contributed by atoms with E-state index in [0.717, 1.165) is 5.56 Å².